The van der Waals surface area contributed by atoms with Crippen LogP contribution in [0.1, 0.15) is 10.4 Å². The van der Waals surface area contributed by atoms with E-state index in [1.165, 1.54) is 0 Å². The number of hydrogen-bond donors (Lipinski definition) is 3. The lowest BCUT2D eigenvalue weighted by Crippen LogP contribution is -2.11. The van der Waals surface area contributed by atoms with Gasteiger partial charge in [0.15, 0.2) is 0 Å². The zero-order valence-corrected chi connectivity index (χ0v) is 14.3. The molecule has 1 amide bonds. The van der Waals surface area contributed by atoms with Gasteiger partial charge in [-0.25, -0.2) is 4.98 Å². The van der Waals surface area contributed by atoms with Gasteiger partial charge in [-0.1, -0.05) is 6.07 Å². The van der Waals surface area contributed by atoms with Crippen LogP contribution < -0.4 is 16.4 Å². The van der Waals surface area contributed by atoms with Crippen molar-refractivity contribution in [2.75, 3.05) is 10.6 Å². The molecule has 0 saturated carbocycles. The van der Waals surface area contributed by atoms with E-state index in [4.69, 9.17) is 5.73 Å². The average Bonchev–Trinajstić information content (AvgIpc) is 2.96. The molecular formula is C15H14BrN7O. The Hall–Kier alpha value is -2.94. The van der Waals surface area contributed by atoms with Crippen molar-refractivity contribution in [2.24, 2.45) is 12.8 Å². The van der Waals surface area contributed by atoms with Gasteiger partial charge in [0.2, 0.25) is 11.9 Å². The van der Waals surface area contributed by atoms with Gasteiger partial charge in [-0.2, -0.15) is 10.1 Å². The number of nitrogens with zero attached hydrogens (tertiary/aromatic N) is 4. The SMILES string of the molecule is Cn1cc(Nc2ncc(Br)c(Nc3cccc(C(N)=O)c3)n2)cn1. The molecule has 0 fully saturated rings. The molecule has 3 rings (SSSR count). The number of anilines is 4. The largest absolute Gasteiger partial charge is 0.366 e. The van der Waals surface area contributed by atoms with E-state index in [-0.39, 0.29) is 0 Å². The number of aromatic nitrogens is 4. The second-order valence-electron chi connectivity index (χ2n) is 4.99. The lowest BCUT2D eigenvalue weighted by molar-refractivity contribution is 0.100. The van der Waals surface area contributed by atoms with Gasteiger partial charge in [0.25, 0.3) is 0 Å². The maximum Gasteiger partial charge on any atom is 0.248 e. The monoisotopic (exact) mass is 387 g/mol. The third kappa shape index (κ3) is 3.69. The molecule has 9 heteroatoms. The van der Waals surface area contributed by atoms with Crippen LogP contribution in [0.2, 0.25) is 0 Å². The van der Waals surface area contributed by atoms with Crippen LogP contribution >= 0.6 is 15.9 Å². The number of primary amides is 1. The summed E-state index contributed by atoms with van der Waals surface area (Å²) in [5, 5.41) is 10.3. The van der Waals surface area contributed by atoms with Crippen molar-refractivity contribution >= 4 is 45.0 Å². The molecule has 4 N–H and O–H groups in total. The molecule has 1 aromatic carbocycles. The summed E-state index contributed by atoms with van der Waals surface area (Å²) >= 11 is 3.40. The molecule has 0 aliphatic rings. The lowest BCUT2D eigenvalue weighted by atomic mass is 10.2. The van der Waals surface area contributed by atoms with Crippen molar-refractivity contribution in [3.8, 4) is 0 Å². The Balaban J connectivity index is 1.83. The van der Waals surface area contributed by atoms with E-state index in [0.717, 1.165) is 5.69 Å². The van der Waals surface area contributed by atoms with Crippen LogP contribution in [-0.2, 0) is 7.05 Å². The van der Waals surface area contributed by atoms with E-state index in [1.807, 2.05) is 19.3 Å². The lowest BCUT2D eigenvalue weighted by Gasteiger charge is -2.10. The summed E-state index contributed by atoms with van der Waals surface area (Å²) in [7, 11) is 1.83. The maximum absolute atomic E-state index is 11.3. The van der Waals surface area contributed by atoms with Crippen molar-refractivity contribution in [1.29, 1.82) is 0 Å². The Morgan fingerprint density at radius 3 is 2.79 bits per heavy atom. The molecule has 0 aliphatic heterocycles. The number of aryl methyl sites for hydroxylation is 1. The van der Waals surface area contributed by atoms with E-state index in [1.54, 1.807) is 35.3 Å². The topological polar surface area (TPSA) is 111 Å². The first-order valence-electron chi connectivity index (χ1n) is 6.96. The van der Waals surface area contributed by atoms with Gasteiger partial charge >= 0.3 is 0 Å². The Labute approximate surface area is 146 Å². The van der Waals surface area contributed by atoms with E-state index in [2.05, 4.69) is 41.6 Å². The van der Waals surface area contributed by atoms with Gasteiger partial charge in [-0.15, -0.1) is 0 Å². The summed E-state index contributed by atoms with van der Waals surface area (Å²) in [6, 6.07) is 6.87. The first kappa shape index (κ1) is 15.9. The number of benzene rings is 1. The number of rotatable bonds is 5. The summed E-state index contributed by atoms with van der Waals surface area (Å²) < 4.78 is 2.36. The normalized spacial score (nSPS) is 10.4. The number of hydrogen-bond acceptors (Lipinski definition) is 6. The van der Waals surface area contributed by atoms with Gasteiger partial charge in [0.05, 0.1) is 16.4 Å². The molecule has 0 spiro atoms. The van der Waals surface area contributed by atoms with E-state index in [0.29, 0.717) is 27.5 Å². The predicted octanol–water partition coefficient (Wildman–Crippen LogP) is 2.56. The Morgan fingerprint density at radius 2 is 2.08 bits per heavy atom. The van der Waals surface area contributed by atoms with Crippen molar-refractivity contribution in [3.63, 3.8) is 0 Å². The average molecular weight is 388 g/mol. The fourth-order valence-electron chi connectivity index (χ4n) is 2.02. The summed E-state index contributed by atoms with van der Waals surface area (Å²) in [5.74, 6) is 0.483. The van der Waals surface area contributed by atoms with Crippen molar-refractivity contribution < 1.29 is 4.79 Å². The van der Waals surface area contributed by atoms with Gasteiger partial charge in [0, 0.05) is 30.7 Å². The van der Waals surface area contributed by atoms with Crippen LogP contribution in [0.4, 0.5) is 23.1 Å². The number of carbonyl (C=O) groups excluding carboxylic acids is 1. The zero-order valence-electron chi connectivity index (χ0n) is 12.7. The number of halogens is 1. The molecule has 0 aliphatic carbocycles. The number of nitrogens with one attached hydrogen (secondary N) is 2. The van der Waals surface area contributed by atoms with Crippen molar-refractivity contribution in [2.45, 2.75) is 0 Å². The standard InChI is InChI=1S/C15H14BrN7O/c1-23-8-11(6-19-23)21-15-18-7-12(16)14(22-15)20-10-4-2-3-9(5-10)13(17)24/h2-8H,1H3,(H2,17,24)(H2,18,20,21,22). The molecule has 0 atom stereocenters. The van der Waals surface area contributed by atoms with Crippen LogP contribution in [0.25, 0.3) is 0 Å². The first-order valence-corrected chi connectivity index (χ1v) is 7.75. The minimum Gasteiger partial charge on any atom is -0.366 e. The molecule has 8 nitrogen and oxygen atoms in total. The van der Waals surface area contributed by atoms with Crippen molar-refractivity contribution in [3.05, 3.63) is 52.9 Å². The Morgan fingerprint density at radius 1 is 1.25 bits per heavy atom. The second-order valence-corrected chi connectivity index (χ2v) is 5.84. The van der Waals surface area contributed by atoms with Crippen LogP contribution in [0.3, 0.4) is 0 Å². The van der Waals surface area contributed by atoms with E-state index in [9.17, 15) is 4.79 Å². The highest BCUT2D eigenvalue weighted by molar-refractivity contribution is 9.10. The Kier molecular flexibility index (Phi) is 4.43. The van der Waals surface area contributed by atoms with Gasteiger partial charge in [-0.05, 0) is 34.1 Å². The van der Waals surface area contributed by atoms with Gasteiger partial charge < -0.3 is 16.4 Å². The first-order chi connectivity index (χ1) is 11.5. The molecule has 0 unspecified atom stereocenters. The third-order valence-corrected chi connectivity index (χ3v) is 3.70. The fraction of sp³-hybridized carbons (Fsp3) is 0.0667. The van der Waals surface area contributed by atoms with E-state index < -0.39 is 5.91 Å². The minimum atomic E-state index is -0.487. The summed E-state index contributed by atoms with van der Waals surface area (Å²) in [6.45, 7) is 0. The minimum absolute atomic E-state index is 0.416. The summed E-state index contributed by atoms with van der Waals surface area (Å²) in [4.78, 5) is 19.9. The fourth-order valence-corrected chi connectivity index (χ4v) is 2.31. The molecule has 0 bridgehead atoms. The summed E-state index contributed by atoms with van der Waals surface area (Å²) in [6.07, 6.45) is 5.12. The molecule has 0 saturated heterocycles. The van der Waals surface area contributed by atoms with Gasteiger partial charge in [-0.3, -0.25) is 9.48 Å². The van der Waals surface area contributed by atoms with Crippen LogP contribution in [-0.4, -0.2) is 25.7 Å². The molecule has 2 heterocycles. The predicted molar refractivity (Wildman–Crippen MR) is 94.5 cm³/mol. The zero-order chi connectivity index (χ0) is 17.1. The Bertz CT molecular complexity index is 893. The van der Waals surface area contributed by atoms with E-state index >= 15 is 0 Å². The third-order valence-electron chi connectivity index (χ3n) is 3.11. The second kappa shape index (κ2) is 6.67. The highest BCUT2D eigenvalue weighted by Crippen LogP contribution is 2.25. The van der Waals surface area contributed by atoms with Gasteiger partial charge in [0.1, 0.15) is 5.82 Å². The molecule has 3 aromatic rings. The smallest absolute Gasteiger partial charge is 0.248 e. The molecule has 24 heavy (non-hydrogen) atoms. The molecule has 2 aromatic heterocycles. The highest BCUT2D eigenvalue weighted by atomic mass is 79.9. The highest BCUT2D eigenvalue weighted by Gasteiger charge is 2.08. The number of amides is 1. The van der Waals surface area contributed by atoms with Crippen LogP contribution in [0.5, 0.6) is 0 Å². The number of carbonyl (C=O) groups is 1. The van der Waals surface area contributed by atoms with Crippen LogP contribution in [0.15, 0.2) is 47.3 Å². The maximum atomic E-state index is 11.3. The quantitative estimate of drug-likeness (QED) is 0.620. The molecule has 122 valence electrons. The van der Waals surface area contributed by atoms with Crippen molar-refractivity contribution in [1.82, 2.24) is 19.7 Å². The molecule has 0 radical (unpaired) electrons. The van der Waals surface area contributed by atoms with Crippen LogP contribution in [0, 0.1) is 0 Å². The molecular weight excluding hydrogens is 374 g/mol. The summed E-state index contributed by atoms with van der Waals surface area (Å²) in [5.41, 5.74) is 7.19. The number of nitrogens with two attached hydrogens (primary N) is 1.